The SMILES string of the molecule is C=CCN(C)C(=O)[C@H]1C[NH+]2CC[C@H]1C[C@@H]2Cn1cc(C[NH+](C)Cc2ccccc2)nn1. The number of amides is 1. The number of nitrogens with zero attached hydrogens (tertiary/aromatic N) is 4. The molecule has 0 spiro atoms. The molecule has 3 aliphatic heterocycles. The highest BCUT2D eigenvalue weighted by Gasteiger charge is 2.47. The van der Waals surface area contributed by atoms with Gasteiger partial charge in [-0.15, -0.1) is 11.7 Å². The second-order valence-electron chi connectivity index (χ2n) is 9.44. The Balaban J connectivity index is 1.30. The van der Waals surface area contributed by atoms with E-state index in [-0.39, 0.29) is 11.8 Å². The lowest BCUT2D eigenvalue weighted by Gasteiger charge is -2.46. The number of likely N-dealkylation sites (N-methyl/N-ethyl adjacent to an activating group) is 1. The zero-order chi connectivity index (χ0) is 21.8. The Hall–Kier alpha value is -2.51. The summed E-state index contributed by atoms with van der Waals surface area (Å²) in [5.41, 5.74) is 2.38. The molecule has 0 saturated carbocycles. The van der Waals surface area contributed by atoms with Crippen LogP contribution in [-0.2, 0) is 24.4 Å². The van der Waals surface area contributed by atoms with Gasteiger partial charge in [0.25, 0.3) is 0 Å². The van der Waals surface area contributed by atoms with E-state index in [1.54, 1.807) is 11.0 Å². The van der Waals surface area contributed by atoms with E-state index in [1.807, 2.05) is 16.6 Å². The lowest BCUT2D eigenvalue weighted by atomic mass is 9.75. The molecule has 7 heteroatoms. The van der Waals surface area contributed by atoms with Gasteiger partial charge in [-0.3, -0.25) is 4.79 Å². The molecule has 4 heterocycles. The topological polar surface area (TPSA) is 59.9 Å². The number of nitrogens with one attached hydrogen (secondary N) is 2. The predicted molar refractivity (Wildman–Crippen MR) is 119 cm³/mol. The van der Waals surface area contributed by atoms with Gasteiger partial charge in [0.05, 0.1) is 38.8 Å². The molecule has 2 unspecified atom stereocenters. The minimum absolute atomic E-state index is 0.159. The Bertz CT molecular complexity index is 881. The molecule has 31 heavy (non-hydrogen) atoms. The van der Waals surface area contributed by atoms with Crippen molar-refractivity contribution in [1.29, 1.82) is 0 Å². The Morgan fingerprint density at radius 3 is 2.87 bits per heavy atom. The van der Waals surface area contributed by atoms with Crippen LogP contribution >= 0.6 is 0 Å². The van der Waals surface area contributed by atoms with E-state index in [0.717, 1.165) is 51.3 Å². The quantitative estimate of drug-likeness (QED) is 0.530. The number of carbonyl (C=O) groups excluding carboxylic acids is 1. The standard InChI is InChI=1S/C24H34N6O/c1-4-11-28(3)24(31)23-18-29-12-10-20(23)13-22(29)17-30-16-21(25-26-30)15-27(2)14-19-8-6-5-7-9-19/h4-9,16,20,22-23H,1,10-15,17-18H2,2-3H3/p+2/t20-,22+,23-/m0/s1. The molecular weight excluding hydrogens is 388 g/mol. The highest BCUT2D eigenvalue weighted by molar-refractivity contribution is 5.79. The number of quaternary nitrogens is 2. The molecule has 1 aromatic heterocycles. The van der Waals surface area contributed by atoms with Crippen molar-refractivity contribution < 1.29 is 14.6 Å². The Kier molecular flexibility index (Phi) is 6.83. The molecule has 2 N–H and O–H groups in total. The largest absolute Gasteiger partial charge is 0.342 e. The van der Waals surface area contributed by atoms with Crippen molar-refractivity contribution in [2.45, 2.75) is 38.5 Å². The Morgan fingerprint density at radius 1 is 1.35 bits per heavy atom. The first-order valence-electron chi connectivity index (χ1n) is 11.5. The van der Waals surface area contributed by atoms with Crippen molar-refractivity contribution in [2.75, 3.05) is 33.7 Å². The fourth-order valence-electron chi connectivity index (χ4n) is 5.42. The van der Waals surface area contributed by atoms with Crippen molar-refractivity contribution in [2.24, 2.45) is 11.8 Å². The van der Waals surface area contributed by atoms with Crippen LogP contribution in [0.15, 0.2) is 49.2 Å². The van der Waals surface area contributed by atoms with Crippen LogP contribution in [0.4, 0.5) is 0 Å². The summed E-state index contributed by atoms with van der Waals surface area (Å²) in [6.45, 7) is 9.23. The molecule has 7 nitrogen and oxygen atoms in total. The smallest absolute Gasteiger partial charge is 0.231 e. The number of fused-ring (bicyclic) bond motifs is 3. The lowest BCUT2D eigenvalue weighted by molar-refractivity contribution is -0.945. The molecule has 3 saturated heterocycles. The monoisotopic (exact) mass is 424 g/mol. The van der Waals surface area contributed by atoms with Crippen LogP contribution in [0.2, 0.25) is 0 Å². The predicted octanol–water partition coefficient (Wildman–Crippen LogP) is -0.569. The second-order valence-corrected chi connectivity index (χ2v) is 9.44. The van der Waals surface area contributed by atoms with Crippen molar-refractivity contribution in [1.82, 2.24) is 19.9 Å². The summed E-state index contributed by atoms with van der Waals surface area (Å²) >= 11 is 0. The van der Waals surface area contributed by atoms with Crippen LogP contribution in [-0.4, -0.2) is 65.6 Å². The number of benzene rings is 1. The zero-order valence-electron chi connectivity index (χ0n) is 18.8. The van der Waals surface area contributed by atoms with Gasteiger partial charge in [-0.1, -0.05) is 41.6 Å². The van der Waals surface area contributed by atoms with E-state index >= 15 is 0 Å². The molecule has 5 atom stereocenters. The first-order chi connectivity index (χ1) is 15.0. The van der Waals surface area contributed by atoms with Gasteiger partial charge in [0.2, 0.25) is 5.91 Å². The van der Waals surface area contributed by atoms with Gasteiger partial charge in [0, 0.05) is 32.0 Å². The van der Waals surface area contributed by atoms with Gasteiger partial charge in [0.1, 0.15) is 24.8 Å². The first kappa shape index (κ1) is 21.7. The van der Waals surface area contributed by atoms with Gasteiger partial charge in [0.15, 0.2) is 0 Å². The summed E-state index contributed by atoms with van der Waals surface area (Å²) in [6.07, 6.45) is 6.16. The van der Waals surface area contributed by atoms with Crippen LogP contribution in [0.3, 0.4) is 0 Å². The molecular formula is C24H36N6O+2. The van der Waals surface area contributed by atoms with E-state index in [0.29, 0.717) is 18.5 Å². The van der Waals surface area contributed by atoms with Gasteiger partial charge in [-0.25, -0.2) is 4.68 Å². The normalized spacial score (nSPS) is 25.9. The third-order valence-corrected chi connectivity index (χ3v) is 6.97. The van der Waals surface area contributed by atoms with Crippen LogP contribution in [0.25, 0.3) is 0 Å². The van der Waals surface area contributed by atoms with Gasteiger partial charge < -0.3 is 14.7 Å². The van der Waals surface area contributed by atoms with E-state index in [1.165, 1.54) is 10.5 Å². The Labute approximate surface area is 185 Å². The highest BCUT2D eigenvalue weighted by Crippen LogP contribution is 2.28. The van der Waals surface area contributed by atoms with Crippen molar-refractivity contribution in [3.8, 4) is 0 Å². The van der Waals surface area contributed by atoms with Crippen molar-refractivity contribution in [3.05, 3.63) is 60.4 Å². The molecule has 3 aliphatic rings. The average molecular weight is 425 g/mol. The van der Waals surface area contributed by atoms with Crippen molar-refractivity contribution in [3.63, 3.8) is 0 Å². The number of rotatable bonds is 9. The number of piperidine rings is 3. The maximum Gasteiger partial charge on any atom is 0.231 e. The van der Waals surface area contributed by atoms with Crippen LogP contribution in [0.5, 0.6) is 0 Å². The van der Waals surface area contributed by atoms with Gasteiger partial charge in [-0.05, 0) is 5.92 Å². The molecule has 0 aliphatic carbocycles. The minimum atomic E-state index is 0.159. The van der Waals surface area contributed by atoms with E-state index in [2.05, 4.69) is 60.5 Å². The van der Waals surface area contributed by atoms with Crippen LogP contribution in [0, 0.1) is 11.8 Å². The number of hydrogen-bond acceptors (Lipinski definition) is 3. The van der Waals surface area contributed by atoms with E-state index in [9.17, 15) is 4.79 Å². The van der Waals surface area contributed by atoms with Crippen LogP contribution in [0.1, 0.15) is 24.1 Å². The number of carbonyl (C=O) groups is 1. The Morgan fingerprint density at radius 2 is 2.16 bits per heavy atom. The summed E-state index contributed by atoms with van der Waals surface area (Å²) in [7, 11) is 4.09. The zero-order valence-corrected chi connectivity index (χ0v) is 18.8. The lowest BCUT2D eigenvalue weighted by Crippen LogP contribution is -3.20. The molecule has 1 aromatic carbocycles. The van der Waals surface area contributed by atoms with E-state index in [4.69, 9.17) is 0 Å². The summed E-state index contributed by atoms with van der Waals surface area (Å²) in [6, 6.07) is 11.1. The average Bonchev–Trinajstić information content (AvgIpc) is 3.21. The third-order valence-electron chi connectivity index (χ3n) is 6.97. The van der Waals surface area contributed by atoms with E-state index < -0.39 is 0 Å². The molecule has 0 radical (unpaired) electrons. The third kappa shape index (κ3) is 5.22. The number of aromatic nitrogens is 3. The maximum atomic E-state index is 12.8. The van der Waals surface area contributed by atoms with Gasteiger partial charge >= 0.3 is 0 Å². The molecule has 3 fully saturated rings. The summed E-state index contributed by atoms with van der Waals surface area (Å²) < 4.78 is 2.02. The summed E-state index contributed by atoms with van der Waals surface area (Å²) in [5.74, 6) is 0.936. The first-order valence-corrected chi connectivity index (χ1v) is 11.5. The molecule has 2 bridgehead atoms. The molecule has 5 rings (SSSR count). The maximum absolute atomic E-state index is 12.8. The fourth-order valence-corrected chi connectivity index (χ4v) is 5.42. The van der Waals surface area contributed by atoms with Gasteiger partial charge in [-0.2, -0.15) is 0 Å². The summed E-state index contributed by atoms with van der Waals surface area (Å²) in [4.78, 5) is 17.6. The molecule has 1 amide bonds. The molecule has 166 valence electrons. The second kappa shape index (κ2) is 9.75. The summed E-state index contributed by atoms with van der Waals surface area (Å²) in [5, 5.41) is 8.84. The minimum Gasteiger partial charge on any atom is -0.342 e. The fraction of sp³-hybridized carbons (Fsp3) is 0.542. The van der Waals surface area contributed by atoms with Crippen LogP contribution < -0.4 is 9.80 Å². The number of hydrogen-bond donors (Lipinski definition) is 2. The highest BCUT2D eigenvalue weighted by atomic mass is 16.2. The molecule has 2 aromatic rings. The van der Waals surface area contributed by atoms with Crippen molar-refractivity contribution >= 4 is 5.91 Å².